The van der Waals surface area contributed by atoms with Crippen LogP contribution in [-0.2, 0) is 68.4 Å². The molecule has 0 N–H and O–H groups in total. The molecule has 33 heteroatoms. The van der Waals surface area contributed by atoms with Crippen LogP contribution in [0.3, 0.4) is 0 Å². The zero-order valence-corrected chi connectivity index (χ0v) is 64.3. The number of azo groups is 3. The molecule has 105 heavy (non-hydrogen) atoms. The lowest BCUT2D eigenvalue weighted by Crippen LogP contribution is -2.27. The lowest BCUT2D eigenvalue weighted by Gasteiger charge is -2.22. The summed E-state index contributed by atoms with van der Waals surface area (Å²) in [6.45, 7) is 4.91. The van der Waals surface area contributed by atoms with Crippen molar-refractivity contribution in [1.82, 2.24) is 45.0 Å². The van der Waals surface area contributed by atoms with E-state index in [9.17, 15) is 25.3 Å². The first-order valence-electron chi connectivity index (χ1n) is 33.8. The van der Waals surface area contributed by atoms with E-state index in [1.807, 2.05) is 91.0 Å². The maximum absolute atomic E-state index is 13.5. The number of anilines is 3. The SMILES string of the molecule is O=S(=O)(CCCc1cn(Cc2cc(Cn3cc(CCCS(=O)(=O)c4ccc(N=Nc5ccc(N(CCCl)CCCl)cc5)cc4)nn3)cc(Cn3cc(CCCS(=O)(=O)c4ccc(N=Nc5ccc(N(CCCl)CCCl)cc5)cc4)nn3)c2)nn1)c1ccc(N=Nc2ccc(N(CCCl)CCCl)cc2)cc1. The summed E-state index contributed by atoms with van der Waals surface area (Å²) in [7, 11) is -10.9. The van der Waals surface area contributed by atoms with Gasteiger partial charge in [-0.2, -0.15) is 30.7 Å². The van der Waals surface area contributed by atoms with Crippen LogP contribution in [0.5, 0.6) is 0 Å². The molecular formula is C72H78Cl6N18O6S3. The summed E-state index contributed by atoms with van der Waals surface area (Å²) in [5, 5.41) is 52.3. The number of nitrogens with zero attached hydrogens (tertiary/aromatic N) is 18. The first kappa shape index (κ1) is 79.3. The molecule has 7 aromatic carbocycles. The van der Waals surface area contributed by atoms with E-state index >= 15 is 0 Å². The zero-order chi connectivity index (χ0) is 74.0. The third-order valence-corrected chi connectivity index (χ3v) is 23.1. The van der Waals surface area contributed by atoms with Crippen molar-refractivity contribution >= 4 is 150 Å². The van der Waals surface area contributed by atoms with E-state index in [0.29, 0.717) is 184 Å². The molecule has 0 unspecified atom stereocenters. The fourth-order valence-corrected chi connectivity index (χ4v) is 16.5. The summed E-state index contributed by atoms with van der Waals surface area (Å²) >= 11 is 35.9. The van der Waals surface area contributed by atoms with Crippen molar-refractivity contribution in [3.8, 4) is 0 Å². The summed E-state index contributed by atoms with van der Waals surface area (Å²) in [6, 6.07) is 47.6. The molecule has 0 aliphatic rings. The molecule has 24 nitrogen and oxygen atoms in total. The van der Waals surface area contributed by atoms with Crippen LogP contribution in [0, 0.1) is 0 Å². The van der Waals surface area contributed by atoms with Gasteiger partial charge in [0.2, 0.25) is 0 Å². The van der Waals surface area contributed by atoms with Gasteiger partial charge >= 0.3 is 0 Å². The largest absolute Gasteiger partial charge is 0.369 e. The third kappa shape index (κ3) is 24.1. The molecule has 0 amide bonds. The second-order valence-electron chi connectivity index (χ2n) is 24.4. The van der Waals surface area contributed by atoms with Crippen molar-refractivity contribution in [3.63, 3.8) is 0 Å². The van der Waals surface area contributed by atoms with Crippen LogP contribution < -0.4 is 14.7 Å². The monoisotopic (exact) mass is 1600 g/mol. The van der Waals surface area contributed by atoms with Gasteiger partial charge in [-0.25, -0.2) is 39.3 Å². The molecule has 552 valence electrons. The summed E-state index contributed by atoms with van der Waals surface area (Å²) in [4.78, 5) is 6.78. The van der Waals surface area contributed by atoms with Gasteiger partial charge in [0.1, 0.15) is 0 Å². The highest BCUT2D eigenvalue weighted by Crippen LogP contribution is 2.29. The van der Waals surface area contributed by atoms with Crippen molar-refractivity contribution in [2.45, 2.75) is 72.8 Å². The van der Waals surface area contributed by atoms with Gasteiger partial charge in [0.25, 0.3) is 0 Å². The molecule has 3 heterocycles. The van der Waals surface area contributed by atoms with Crippen LogP contribution in [0.4, 0.5) is 51.2 Å². The van der Waals surface area contributed by atoms with Crippen molar-refractivity contribution in [2.24, 2.45) is 30.7 Å². The minimum atomic E-state index is -3.65. The maximum atomic E-state index is 13.5. The van der Waals surface area contributed by atoms with Crippen molar-refractivity contribution in [2.75, 3.05) is 107 Å². The summed E-state index contributed by atoms with van der Waals surface area (Å²) < 4.78 is 86.2. The second kappa shape index (κ2) is 39.4. The Morgan fingerprint density at radius 1 is 0.305 bits per heavy atom. The Balaban J connectivity index is 0.752. The molecule has 3 aromatic heterocycles. The molecule has 0 atom stereocenters. The first-order chi connectivity index (χ1) is 50.9. The predicted molar refractivity (Wildman–Crippen MR) is 417 cm³/mol. The van der Waals surface area contributed by atoms with E-state index in [0.717, 1.165) is 33.8 Å². The van der Waals surface area contributed by atoms with E-state index in [1.165, 1.54) is 36.4 Å². The van der Waals surface area contributed by atoms with Crippen LogP contribution >= 0.6 is 69.6 Å². The van der Waals surface area contributed by atoms with Gasteiger partial charge in [0, 0.05) is 110 Å². The lowest BCUT2D eigenvalue weighted by molar-refractivity contribution is 0.591. The zero-order valence-electron chi connectivity index (χ0n) is 57.3. The number of halogens is 6. The Kier molecular flexibility index (Phi) is 29.7. The molecule has 0 fully saturated rings. The maximum Gasteiger partial charge on any atom is 0.178 e. The van der Waals surface area contributed by atoms with Gasteiger partial charge < -0.3 is 14.7 Å². The summed E-state index contributed by atoms with van der Waals surface area (Å²) in [5.74, 6) is 2.48. The molecule has 0 radical (unpaired) electrons. The average molecular weight is 1600 g/mol. The van der Waals surface area contributed by atoms with Crippen molar-refractivity contribution in [3.05, 3.63) is 216 Å². The molecule has 0 spiro atoms. The number of aromatic nitrogens is 9. The smallest absolute Gasteiger partial charge is 0.178 e. The van der Waals surface area contributed by atoms with Crippen LogP contribution in [0.15, 0.2) is 228 Å². The molecular weight excluding hydrogens is 1520 g/mol. The molecule has 0 bridgehead atoms. The van der Waals surface area contributed by atoms with E-state index in [2.05, 4.69) is 76.3 Å². The Bertz CT molecular complexity index is 4330. The topological polar surface area (TPSA) is 278 Å². The second-order valence-corrected chi connectivity index (χ2v) is 33.0. The van der Waals surface area contributed by atoms with Crippen LogP contribution in [0.25, 0.3) is 0 Å². The van der Waals surface area contributed by atoms with E-state index in [4.69, 9.17) is 69.6 Å². The van der Waals surface area contributed by atoms with Gasteiger partial charge in [-0.05, 0) is 201 Å². The molecule has 0 saturated carbocycles. The summed E-state index contributed by atoms with van der Waals surface area (Å²) in [6.07, 6.45) is 7.39. The number of aryl methyl sites for hydroxylation is 3. The van der Waals surface area contributed by atoms with E-state index in [-0.39, 0.29) is 31.9 Å². The Hall–Kier alpha value is -8.25. The van der Waals surface area contributed by atoms with E-state index in [1.54, 1.807) is 69.0 Å². The summed E-state index contributed by atoms with van der Waals surface area (Å²) in [5.41, 5.74) is 10.8. The number of hydrogen-bond acceptors (Lipinski definition) is 21. The normalized spacial score (nSPS) is 12.2. The third-order valence-electron chi connectivity index (χ3n) is 16.6. The van der Waals surface area contributed by atoms with Crippen LogP contribution in [-0.4, -0.2) is 162 Å². The number of rotatable bonds is 42. The molecule has 10 aromatic rings. The highest BCUT2D eigenvalue weighted by molar-refractivity contribution is 7.92. The molecule has 0 aliphatic heterocycles. The Morgan fingerprint density at radius 3 is 0.724 bits per heavy atom. The Labute approximate surface area is 641 Å². The number of sulfone groups is 3. The molecule has 0 saturated heterocycles. The minimum absolute atomic E-state index is 0.114. The average Bonchev–Trinajstić information content (AvgIpc) is 1.81. The molecule has 0 aliphatic carbocycles. The number of alkyl halides is 6. The fourth-order valence-electron chi connectivity index (χ4n) is 11.4. The van der Waals surface area contributed by atoms with E-state index < -0.39 is 29.5 Å². The van der Waals surface area contributed by atoms with Gasteiger partial charge in [-0.3, -0.25) is 0 Å². The van der Waals surface area contributed by atoms with Gasteiger partial charge in [0.05, 0.1) is 103 Å². The standard InChI is InChI=1S/C72H78Cl6N18O6S3/c73-31-37-91(38-32-74)67-19-7-58(8-20-67)79-82-61-13-25-70(26-14-61)103(97,98)43-1-4-64-52-94(88-85-64)49-55-46-56(50-95-53-65(86-89-95)5-2-44-104(99,100)71-27-15-62(16-28-71)83-80-59-9-21-68(22-10-59)92(39-33-75)40-34-76)48-57(47-55)51-96-54-66(87-90-96)6-3-45-105(101,102)72-29-17-63(18-30-72)84-81-60-11-23-69(24-12-60)93(41-35-77)42-36-78/h7-30,46-48,52-54H,1-6,31-45,49-51H2. The van der Waals surface area contributed by atoms with Gasteiger partial charge in [0.15, 0.2) is 29.5 Å². The number of benzene rings is 7. The number of hydrogen-bond donors (Lipinski definition) is 0. The minimum Gasteiger partial charge on any atom is -0.369 e. The van der Waals surface area contributed by atoms with Crippen molar-refractivity contribution < 1.29 is 25.3 Å². The Morgan fingerprint density at radius 2 is 0.514 bits per heavy atom. The predicted octanol–water partition coefficient (Wildman–Crippen LogP) is 15.9. The lowest BCUT2D eigenvalue weighted by atomic mass is 10.1. The fraction of sp³-hybridized carbons (Fsp3) is 0.333. The van der Waals surface area contributed by atoms with Gasteiger partial charge in [-0.1, -0.05) is 33.8 Å². The van der Waals surface area contributed by atoms with Crippen molar-refractivity contribution in [1.29, 1.82) is 0 Å². The van der Waals surface area contributed by atoms with Crippen LogP contribution in [0.2, 0.25) is 0 Å². The highest BCUT2D eigenvalue weighted by Gasteiger charge is 2.20. The molecule has 10 rings (SSSR count). The highest BCUT2D eigenvalue weighted by atomic mass is 35.5. The quantitative estimate of drug-likeness (QED) is 0.0254. The first-order valence-corrected chi connectivity index (χ1v) is 42.0. The van der Waals surface area contributed by atoms with Crippen LogP contribution in [0.1, 0.15) is 53.0 Å². The van der Waals surface area contributed by atoms with Gasteiger partial charge in [-0.15, -0.1) is 84.9 Å².